The van der Waals surface area contributed by atoms with Gasteiger partial charge in [-0.25, -0.2) is 0 Å². The van der Waals surface area contributed by atoms with Crippen molar-refractivity contribution in [3.05, 3.63) is 47.5 Å². The second-order valence-corrected chi connectivity index (χ2v) is 7.36. The number of hydrogen-bond acceptors (Lipinski definition) is 4. The molecule has 2 aromatic rings. The first-order valence-corrected chi connectivity index (χ1v) is 8.97. The standard InChI is InChI=1S/C20H22ClN3O3/c1-12(18(25)22-13-9-10-17(27-4)14(21)11-13)24-16-8-6-5-7-15(16)23-20(2,3)19(24)26/h5-12,23H,1-4H3,(H,22,25). The normalized spacial score (nSPS) is 16.2. The molecule has 1 aliphatic rings. The van der Waals surface area contributed by atoms with Gasteiger partial charge in [-0.3, -0.25) is 14.5 Å². The van der Waals surface area contributed by atoms with E-state index in [1.54, 1.807) is 39.0 Å². The van der Waals surface area contributed by atoms with E-state index in [1.807, 2.05) is 24.3 Å². The third-order valence-electron chi connectivity index (χ3n) is 4.55. The highest BCUT2D eigenvalue weighted by Crippen LogP contribution is 2.36. The van der Waals surface area contributed by atoms with E-state index >= 15 is 0 Å². The van der Waals surface area contributed by atoms with Gasteiger partial charge in [-0.15, -0.1) is 0 Å². The number of hydrogen-bond donors (Lipinski definition) is 2. The SMILES string of the molecule is COc1ccc(NC(=O)C(C)N2C(=O)C(C)(C)Nc3ccccc32)cc1Cl. The number of anilines is 3. The first-order valence-electron chi connectivity index (χ1n) is 8.60. The Morgan fingerprint density at radius 2 is 1.96 bits per heavy atom. The lowest BCUT2D eigenvalue weighted by Gasteiger charge is -2.42. The number of carbonyl (C=O) groups excluding carboxylic acids is 2. The van der Waals surface area contributed by atoms with Gasteiger partial charge in [0, 0.05) is 5.69 Å². The predicted molar refractivity (Wildman–Crippen MR) is 108 cm³/mol. The number of halogens is 1. The fourth-order valence-electron chi connectivity index (χ4n) is 3.08. The topological polar surface area (TPSA) is 70.7 Å². The summed E-state index contributed by atoms with van der Waals surface area (Å²) in [7, 11) is 1.52. The van der Waals surface area contributed by atoms with Crippen LogP contribution in [-0.2, 0) is 9.59 Å². The molecule has 27 heavy (non-hydrogen) atoms. The maximum Gasteiger partial charge on any atom is 0.252 e. The van der Waals surface area contributed by atoms with Crippen LogP contribution in [0.4, 0.5) is 17.1 Å². The third-order valence-corrected chi connectivity index (χ3v) is 4.85. The third kappa shape index (κ3) is 3.57. The van der Waals surface area contributed by atoms with Gasteiger partial charge in [0.2, 0.25) is 5.91 Å². The Labute approximate surface area is 163 Å². The van der Waals surface area contributed by atoms with Crippen LogP contribution in [0.15, 0.2) is 42.5 Å². The number of methoxy groups -OCH3 is 1. The molecule has 0 saturated heterocycles. The van der Waals surface area contributed by atoms with E-state index in [4.69, 9.17) is 16.3 Å². The largest absolute Gasteiger partial charge is 0.495 e. The Morgan fingerprint density at radius 3 is 2.63 bits per heavy atom. The summed E-state index contributed by atoms with van der Waals surface area (Å²) < 4.78 is 5.12. The molecule has 2 N–H and O–H groups in total. The van der Waals surface area contributed by atoms with Crippen LogP contribution in [0.1, 0.15) is 20.8 Å². The van der Waals surface area contributed by atoms with Gasteiger partial charge in [0.15, 0.2) is 0 Å². The van der Waals surface area contributed by atoms with Crippen molar-refractivity contribution >= 4 is 40.5 Å². The van der Waals surface area contributed by atoms with Crippen molar-refractivity contribution < 1.29 is 14.3 Å². The first-order chi connectivity index (χ1) is 12.7. The van der Waals surface area contributed by atoms with E-state index in [2.05, 4.69) is 10.6 Å². The molecular weight excluding hydrogens is 366 g/mol. The number of carbonyl (C=O) groups is 2. The second-order valence-electron chi connectivity index (χ2n) is 6.96. The van der Waals surface area contributed by atoms with Crippen LogP contribution in [0.25, 0.3) is 0 Å². The fraction of sp³-hybridized carbons (Fsp3) is 0.300. The Morgan fingerprint density at radius 1 is 1.26 bits per heavy atom. The van der Waals surface area contributed by atoms with Gasteiger partial charge in [0.1, 0.15) is 17.3 Å². The molecule has 2 amide bonds. The van der Waals surface area contributed by atoms with Crippen LogP contribution in [0.3, 0.4) is 0 Å². The Hall–Kier alpha value is -2.73. The first kappa shape index (κ1) is 19.0. The molecular formula is C20H22ClN3O3. The minimum absolute atomic E-state index is 0.170. The minimum atomic E-state index is -0.813. The van der Waals surface area contributed by atoms with Gasteiger partial charge in [0.05, 0.1) is 23.5 Å². The molecule has 2 aromatic carbocycles. The lowest BCUT2D eigenvalue weighted by Crippen LogP contribution is -2.58. The maximum absolute atomic E-state index is 13.0. The number of rotatable bonds is 4. The van der Waals surface area contributed by atoms with E-state index in [9.17, 15) is 9.59 Å². The van der Waals surface area contributed by atoms with Crippen LogP contribution < -0.4 is 20.3 Å². The quantitative estimate of drug-likeness (QED) is 0.834. The fourth-order valence-corrected chi connectivity index (χ4v) is 3.34. The molecule has 0 aliphatic carbocycles. The molecule has 0 saturated carbocycles. The van der Waals surface area contributed by atoms with E-state index < -0.39 is 11.6 Å². The van der Waals surface area contributed by atoms with E-state index in [1.165, 1.54) is 12.0 Å². The molecule has 3 rings (SSSR count). The Balaban J connectivity index is 1.88. The molecule has 7 heteroatoms. The lowest BCUT2D eigenvalue weighted by atomic mass is 9.96. The van der Waals surface area contributed by atoms with E-state index in [0.717, 1.165) is 5.69 Å². The van der Waals surface area contributed by atoms with Crippen LogP contribution in [0.5, 0.6) is 5.75 Å². The van der Waals surface area contributed by atoms with Crippen molar-refractivity contribution in [3.63, 3.8) is 0 Å². The summed E-state index contributed by atoms with van der Waals surface area (Å²) in [5, 5.41) is 6.44. The number of benzene rings is 2. The van der Waals surface area contributed by atoms with E-state index in [-0.39, 0.29) is 11.8 Å². The molecule has 0 spiro atoms. The zero-order valence-electron chi connectivity index (χ0n) is 15.7. The van der Waals surface area contributed by atoms with Crippen LogP contribution >= 0.6 is 11.6 Å². The van der Waals surface area contributed by atoms with E-state index in [0.29, 0.717) is 22.1 Å². The van der Waals surface area contributed by atoms with Gasteiger partial charge >= 0.3 is 0 Å². The van der Waals surface area contributed by atoms with Crippen molar-refractivity contribution in [1.29, 1.82) is 0 Å². The minimum Gasteiger partial charge on any atom is -0.495 e. The number of nitrogens with zero attached hydrogens (tertiary/aromatic N) is 1. The Kier molecular flexibility index (Phi) is 5.02. The molecule has 0 fully saturated rings. The molecule has 1 atom stereocenters. The number of nitrogens with one attached hydrogen (secondary N) is 2. The smallest absolute Gasteiger partial charge is 0.252 e. The molecule has 0 radical (unpaired) electrons. The van der Waals surface area contributed by atoms with Crippen molar-refractivity contribution in [2.75, 3.05) is 22.6 Å². The number of ether oxygens (including phenoxy) is 1. The molecule has 6 nitrogen and oxygen atoms in total. The van der Waals surface area contributed by atoms with Crippen molar-refractivity contribution in [2.45, 2.75) is 32.4 Å². The van der Waals surface area contributed by atoms with Gasteiger partial charge in [-0.05, 0) is 51.1 Å². The number of amides is 2. The average Bonchev–Trinajstić information content (AvgIpc) is 2.62. The highest BCUT2D eigenvalue weighted by molar-refractivity contribution is 6.32. The monoisotopic (exact) mass is 387 g/mol. The summed E-state index contributed by atoms with van der Waals surface area (Å²) in [6.45, 7) is 5.30. The van der Waals surface area contributed by atoms with Crippen LogP contribution in [0, 0.1) is 0 Å². The number of para-hydroxylation sites is 2. The predicted octanol–water partition coefficient (Wildman–Crippen LogP) is 3.91. The van der Waals surface area contributed by atoms with Crippen LogP contribution in [0.2, 0.25) is 5.02 Å². The highest BCUT2D eigenvalue weighted by Gasteiger charge is 2.42. The van der Waals surface area contributed by atoms with Crippen molar-refractivity contribution in [3.8, 4) is 5.75 Å². The van der Waals surface area contributed by atoms with Gasteiger partial charge in [-0.1, -0.05) is 23.7 Å². The summed E-state index contributed by atoms with van der Waals surface area (Å²) in [4.78, 5) is 27.4. The molecule has 1 aliphatic heterocycles. The summed E-state index contributed by atoms with van der Waals surface area (Å²) in [5.74, 6) is 0.0457. The molecule has 0 bridgehead atoms. The summed E-state index contributed by atoms with van der Waals surface area (Å²) in [6, 6.07) is 11.7. The Bertz CT molecular complexity index is 898. The summed E-state index contributed by atoms with van der Waals surface area (Å²) in [6.07, 6.45) is 0. The van der Waals surface area contributed by atoms with Gasteiger partial charge in [-0.2, -0.15) is 0 Å². The summed E-state index contributed by atoms with van der Waals surface area (Å²) >= 11 is 6.12. The zero-order chi connectivity index (χ0) is 19.8. The molecule has 142 valence electrons. The summed E-state index contributed by atoms with van der Waals surface area (Å²) in [5.41, 5.74) is 1.21. The zero-order valence-corrected chi connectivity index (χ0v) is 16.4. The molecule has 1 heterocycles. The lowest BCUT2D eigenvalue weighted by molar-refractivity contribution is -0.125. The van der Waals surface area contributed by atoms with Crippen molar-refractivity contribution in [1.82, 2.24) is 0 Å². The van der Waals surface area contributed by atoms with Gasteiger partial charge in [0.25, 0.3) is 5.91 Å². The van der Waals surface area contributed by atoms with Gasteiger partial charge < -0.3 is 15.4 Å². The highest BCUT2D eigenvalue weighted by atomic mass is 35.5. The number of fused-ring (bicyclic) bond motifs is 1. The second kappa shape index (κ2) is 7.12. The van der Waals surface area contributed by atoms with Crippen molar-refractivity contribution in [2.24, 2.45) is 0 Å². The maximum atomic E-state index is 13.0. The average molecular weight is 388 g/mol. The van der Waals surface area contributed by atoms with Crippen LogP contribution in [-0.4, -0.2) is 30.5 Å². The molecule has 0 aromatic heterocycles. The molecule has 1 unspecified atom stereocenters.